The lowest BCUT2D eigenvalue weighted by molar-refractivity contribution is 0.182. The van der Waals surface area contributed by atoms with Crippen LogP contribution >= 0.6 is 23.2 Å². The zero-order valence-electron chi connectivity index (χ0n) is 9.67. The number of halogens is 2. The molecule has 0 aromatic heterocycles. The fraction of sp³-hybridized carbons (Fsp3) is 0.417. The summed E-state index contributed by atoms with van der Waals surface area (Å²) < 4.78 is 0. The number of aliphatic hydroxyl groups excluding tert-OH is 1. The topological polar surface area (TPSA) is 56.0 Å². The highest BCUT2D eigenvalue weighted by Gasteiger charge is 2.23. The Labute approximate surface area is 111 Å². The summed E-state index contributed by atoms with van der Waals surface area (Å²) in [4.78, 5) is 0. The van der Waals surface area contributed by atoms with Gasteiger partial charge in [0.2, 0.25) is 0 Å². The monoisotopic (exact) mass is 272 g/mol. The minimum Gasteiger partial charge on any atom is -0.394 e. The molecule has 0 aliphatic carbocycles. The van der Waals surface area contributed by atoms with Crippen LogP contribution in [0.1, 0.15) is 25.5 Å². The predicted octanol–water partition coefficient (Wildman–Crippen LogP) is 2.92. The molecule has 3 nitrogen and oxygen atoms in total. The summed E-state index contributed by atoms with van der Waals surface area (Å²) in [7, 11) is 0. The van der Waals surface area contributed by atoms with Crippen molar-refractivity contribution < 1.29 is 5.11 Å². The van der Waals surface area contributed by atoms with Gasteiger partial charge in [0, 0.05) is 21.1 Å². The third kappa shape index (κ3) is 3.86. The van der Waals surface area contributed by atoms with Crippen LogP contribution in [0.2, 0.25) is 10.0 Å². The van der Waals surface area contributed by atoms with E-state index in [1.54, 1.807) is 32.0 Å². The van der Waals surface area contributed by atoms with Gasteiger partial charge >= 0.3 is 0 Å². The van der Waals surface area contributed by atoms with Crippen molar-refractivity contribution in [3.05, 3.63) is 33.8 Å². The number of aliphatic hydroxyl groups is 1. The van der Waals surface area contributed by atoms with Crippen LogP contribution in [-0.4, -0.2) is 17.3 Å². The number of hydrogen-bond acceptors (Lipinski definition) is 3. The molecule has 0 fully saturated rings. The van der Waals surface area contributed by atoms with Gasteiger partial charge in [-0.25, -0.2) is 0 Å². The molecule has 0 radical (unpaired) electrons. The van der Waals surface area contributed by atoms with Crippen molar-refractivity contribution in [2.45, 2.75) is 25.4 Å². The van der Waals surface area contributed by atoms with Gasteiger partial charge in [0.05, 0.1) is 12.7 Å². The summed E-state index contributed by atoms with van der Waals surface area (Å²) >= 11 is 11.8. The zero-order chi connectivity index (χ0) is 13.1. The van der Waals surface area contributed by atoms with Crippen LogP contribution in [0.4, 0.5) is 0 Å². The Morgan fingerprint density at radius 3 is 2.59 bits per heavy atom. The Morgan fingerprint density at radius 1 is 1.47 bits per heavy atom. The molecule has 0 bridgehead atoms. The molecule has 0 aliphatic heterocycles. The van der Waals surface area contributed by atoms with Gasteiger partial charge in [0.25, 0.3) is 0 Å². The maximum atomic E-state index is 9.17. The number of benzene rings is 1. The van der Waals surface area contributed by atoms with Crippen molar-refractivity contribution in [2.75, 3.05) is 6.61 Å². The first-order chi connectivity index (χ1) is 7.89. The molecule has 2 N–H and O–H groups in total. The lowest BCUT2D eigenvalue weighted by Gasteiger charge is -2.27. The van der Waals surface area contributed by atoms with Crippen molar-refractivity contribution in [1.29, 1.82) is 5.26 Å². The first-order valence-corrected chi connectivity index (χ1v) is 5.88. The molecule has 0 saturated heterocycles. The normalized spacial score (nSPS) is 13.2. The Morgan fingerprint density at radius 2 is 2.12 bits per heavy atom. The smallest absolute Gasteiger partial charge is 0.123 e. The fourth-order valence-corrected chi connectivity index (χ4v) is 1.87. The van der Waals surface area contributed by atoms with Gasteiger partial charge in [-0.05, 0) is 26.0 Å². The van der Waals surface area contributed by atoms with Gasteiger partial charge in [-0.2, -0.15) is 5.26 Å². The number of rotatable bonds is 4. The minimum atomic E-state index is -0.582. The third-order valence-electron chi connectivity index (χ3n) is 2.33. The maximum absolute atomic E-state index is 9.17. The third-order valence-corrected chi connectivity index (χ3v) is 2.90. The Kier molecular flexibility index (Phi) is 4.79. The summed E-state index contributed by atoms with van der Waals surface area (Å²) in [5.41, 5.74) is 0.101. The van der Waals surface area contributed by atoms with E-state index in [1.807, 2.05) is 0 Å². The van der Waals surface area contributed by atoms with Crippen LogP contribution in [0, 0.1) is 11.3 Å². The summed E-state index contributed by atoms with van der Waals surface area (Å²) in [5, 5.41) is 22.3. The zero-order valence-corrected chi connectivity index (χ0v) is 11.2. The molecule has 0 amide bonds. The molecule has 1 atom stereocenters. The largest absolute Gasteiger partial charge is 0.394 e. The van der Waals surface area contributed by atoms with Crippen LogP contribution in [0.15, 0.2) is 18.2 Å². The molecule has 1 rings (SSSR count). The Balaban J connectivity index is 2.99. The van der Waals surface area contributed by atoms with Gasteiger partial charge in [-0.1, -0.05) is 29.3 Å². The van der Waals surface area contributed by atoms with Crippen molar-refractivity contribution in [3.63, 3.8) is 0 Å². The molecule has 1 aromatic rings. The predicted molar refractivity (Wildman–Crippen MR) is 69.1 cm³/mol. The van der Waals surface area contributed by atoms with E-state index in [2.05, 4.69) is 11.4 Å². The van der Waals surface area contributed by atoms with Crippen molar-refractivity contribution in [3.8, 4) is 6.07 Å². The quantitative estimate of drug-likeness (QED) is 0.886. The van der Waals surface area contributed by atoms with Gasteiger partial charge in [-0.3, -0.25) is 5.32 Å². The highest BCUT2D eigenvalue weighted by molar-refractivity contribution is 6.35. The number of nitrogens with one attached hydrogen (secondary N) is 1. The van der Waals surface area contributed by atoms with Crippen LogP contribution in [0.3, 0.4) is 0 Å². The molecule has 0 saturated carbocycles. The fourth-order valence-electron chi connectivity index (χ4n) is 1.35. The molecule has 1 unspecified atom stereocenters. The van der Waals surface area contributed by atoms with E-state index >= 15 is 0 Å². The van der Waals surface area contributed by atoms with Gasteiger partial charge in [0.15, 0.2) is 0 Å². The lowest BCUT2D eigenvalue weighted by atomic mass is 10.0. The molecule has 0 spiro atoms. The SMILES string of the molecule is CC(C)(CO)NC(C#N)c1ccc(Cl)cc1Cl. The van der Waals surface area contributed by atoms with Crippen molar-refractivity contribution in [1.82, 2.24) is 5.32 Å². The average Bonchev–Trinajstić information content (AvgIpc) is 2.26. The standard InChI is InChI=1S/C12H14Cl2N2O/c1-12(2,7-17)16-11(6-15)9-4-3-8(13)5-10(9)14/h3-5,11,16-17H,7H2,1-2H3. The van der Waals surface area contributed by atoms with Crippen LogP contribution in [0.5, 0.6) is 0 Å². The van der Waals surface area contributed by atoms with E-state index in [9.17, 15) is 5.11 Å². The molecule has 1 aromatic carbocycles. The molecule has 0 heterocycles. The van der Waals surface area contributed by atoms with Crippen LogP contribution in [0.25, 0.3) is 0 Å². The maximum Gasteiger partial charge on any atom is 0.123 e. The molecule has 0 aliphatic rings. The van der Waals surface area contributed by atoms with Gasteiger partial charge < -0.3 is 5.11 Å². The van der Waals surface area contributed by atoms with Crippen LogP contribution in [-0.2, 0) is 0 Å². The second-order valence-electron chi connectivity index (χ2n) is 4.41. The van der Waals surface area contributed by atoms with E-state index < -0.39 is 11.6 Å². The second kappa shape index (κ2) is 5.70. The molecule has 5 heteroatoms. The molecule has 92 valence electrons. The number of hydrogen-bond donors (Lipinski definition) is 2. The number of nitriles is 1. The molecule has 17 heavy (non-hydrogen) atoms. The summed E-state index contributed by atoms with van der Waals surface area (Å²) in [6, 6.07) is 6.52. The Hall–Kier alpha value is -0.790. The van der Waals surface area contributed by atoms with Crippen molar-refractivity contribution >= 4 is 23.2 Å². The highest BCUT2D eigenvalue weighted by atomic mass is 35.5. The summed E-state index contributed by atoms with van der Waals surface area (Å²) in [6.45, 7) is 3.54. The summed E-state index contributed by atoms with van der Waals surface area (Å²) in [5.74, 6) is 0. The minimum absolute atomic E-state index is 0.0730. The lowest BCUT2D eigenvalue weighted by Crippen LogP contribution is -2.44. The highest BCUT2D eigenvalue weighted by Crippen LogP contribution is 2.27. The van der Waals surface area contributed by atoms with Crippen molar-refractivity contribution in [2.24, 2.45) is 0 Å². The van der Waals surface area contributed by atoms with E-state index in [1.165, 1.54) is 0 Å². The van der Waals surface area contributed by atoms with Gasteiger partial charge in [-0.15, -0.1) is 0 Å². The second-order valence-corrected chi connectivity index (χ2v) is 5.26. The van der Waals surface area contributed by atoms with E-state index in [-0.39, 0.29) is 6.61 Å². The van der Waals surface area contributed by atoms with Gasteiger partial charge in [0.1, 0.15) is 6.04 Å². The average molecular weight is 273 g/mol. The molecular weight excluding hydrogens is 259 g/mol. The molecular formula is C12H14Cl2N2O. The first-order valence-electron chi connectivity index (χ1n) is 5.13. The first kappa shape index (κ1) is 14.3. The van der Waals surface area contributed by atoms with Crippen LogP contribution < -0.4 is 5.32 Å². The summed E-state index contributed by atoms with van der Waals surface area (Å²) in [6.07, 6.45) is 0. The van der Waals surface area contributed by atoms with E-state index in [0.29, 0.717) is 15.6 Å². The van der Waals surface area contributed by atoms with E-state index in [0.717, 1.165) is 0 Å². The Bertz CT molecular complexity index is 441. The number of nitrogens with zero attached hydrogens (tertiary/aromatic N) is 1. The van der Waals surface area contributed by atoms with E-state index in [4.69, 9.17) is 28.5 Å².